The van der Waals surface area contributed by atoms with Crippen LogP contribution in [0.3, 0.4) is 0 Å². The number of carbonyl (C=O) groups excluding carboxylic acids is 2. The minimum absolute atomic E-state index is 0.112. The van der Waals surface area contributed by atoms with Crippen LogP contribution in [-0.4, -0.2) is 23.9 Å². The van der Waals surface area contributed by atoms with Crippen molar-refractivity contribution in [2.75, 3.05) is 12.4 Å². The molecule has 3 aromatic rings. The molecular formula is C20H21N3O3S. The third kappa shape index (κ3) is 4.83. The predicted octanol–water partition coefficient (Wildman–Crippen LogP) is 3.82. The molecule has 1 aromatic heterocycles. The van der Waals surface area contributed by atoms with Crippen molar-refractivity contribution < 1.29 is 14.3 Å². The van der Waals surface area contributed by atoms with E-state index in [9.17, 15) is 9.59 Å². The molecule has 0 aliphatic carbocycles. The first kappa shape index (κ1) is 18.8. The number of carbonyl (C=O) groups is 2. The number of amides is 2. The number of rotatable bonds is 6. The lowest BCUT2D eigenvalue weighted by atomic mass is 10.0. The molecule has 0 radical (unpaired) electrons. The maximum absolute atomic E-state index is 12.5. The summed E-state index contributed by atoms with van der Waals surface area (Å²) in [5.74, 6) is 0.314. The van der Waals surface area contributed by atoms with Crippen molar-refractivity contribution in [1.82, 2.24) is 10.3 Å². The van der Waals surface area contributed by atoms with Gasteiger partial charge in [0.05, 0.1) is 29.8 Å². The number of hydrogen-bond donors (Lipinski definition) is 2. The Morgan fingerprint density at radius 2 is 1.93 bits per heavy atom. The minimum Gasteiger partial charge on any atom is -0.497 e. The summed E-state index contributed by atoms with van der Waals surface area (Å²) in [6.07, 6.45) is 0.112. The maximum Gasteiger partial charge on any atom is 0.228 e. The summed E-state index contributed by atoms with van der Waals surface area (Å²) >= 11 is 1.43. The van der Waals surface area contributed by atoms with E-state index in [0.717, 1.165) is 27.1 Å². The molecule has 1 heterocycles. The lowest BCUT2D eigenvalue weighted by molar-refractivity contribution is -0.120. The SMILES string of the molecule is COc1ccc(C(CC(=O)Nc2nc3ccc(C)cc3s2)NC(C)=O)cc1. The number of benzene rings is 2. The van der Waals surface area contributed by atoms with Crippen molar-refractivity contribution >= 4 is 38.5 Å². The van der Waals surface area contributed by atoms with Gasteiger partial charge in [-0.15, -0.1) is 0 Å². The van der Waals surface area contributed by atoms with Crippen LogP contribution in [0.15, 0.2) is 42.5 Å². The molecule has 0 saturated heterocycles. The number of hydrogen-bond acceptors (Lipinski definition) is 5. The number of thiazole rings is 1. The number of aromatic nitrogens is 1. The summed E-state index contributed by atoms with van der Waals surface area (Å²) in [6.45, 7) is 3.45. The normalized spacial score (nSPS) is 11.8. The van der Waals surface area contributed by atoms with Gasteiger partial charge in [0, 0.05) is 6.92 Å². The van der Waals surface area contributed by atoms with Gasteiger partial charge in [0.25, 0.3) is 0 Å². The Morgan fingerprint density at radius 3 is 2.59 bits per heavy atom. The van der Waals surface area contributed by atoms with Crippen LogP contribution in [0, 0.1) is 6.92 Å². The molecule has 1 unspecified atom stereocenters. The number of ether oxygens (including phenoxy) is 1. The quantitative estimate of drug-likeness (QED) is 0.678. The van der Waals surface area contributed by atoms with Crippen LogP contribution in [0.1, 0.15) is 30.5 Å². The van der Waals surface area contributed by atoms with Crippen LogP contribution in [0.5, 0.6) is 5.75 Å². The van der Waals surface area contributed by atoms with E-state index in [1.807, 2.05) is 37.3 Å². The van der Waals surface area contributed by atoms with Gasteiger partial charge < -0.3 is 15.4 Å². The zero-order chi connectivity index (χ0) is 19.4. The van der Waals surface area contributed by atoms with Crippen LogP contribution < -0.4 is 15.4 Å². The number of anilines is 1. The molecule has 6 nitrogen and oxygen atoms in total. The number of aryl methyl sites for hydroxylation is 1. The number of fused-ring (bicyclic) bond motifs is 1. The van der Waals surface area contributed by atoms with Gasteiger partial charge in [0.15, 0.2) is 5.13 Å². The largest absolute Gasteiger partial charge is 0.497 e. The van der Waals surface area contributed by atoms with E-state index < -0.39 is 6.04 Å². The molecule has 0 fully saturated rings. The van der Waals surface area contributed by atoms with Crippen molar-refractivity contribution in [1.29, 1.82) is 0 Å². The van der Waals surface area contributed by atoms with E-state index in [4.69, 9.17) is 4.74 Å². The zero-order valence-electron chi connectivity index (χ0n) is 15.4. The van der Waals surface area contributed by atoms with Crippen LogP contribution >= 0.6 is 11.3 Å². The molecule has 0 aliphatic rings. The first-order valence-corrected chi connectivity index (χ1v) is 9.34. The summed E-state index contributed by atoms with van der Waals surface area (Å²) in [7, 11) is 1.59. The maximum atomic E-state index is 12.5. The Labute approximate surface area is 161 Å². The first-order valence-electron chi connectivity index (χ1n) is 8.52. The van der Waals surface area contributed by atoms with Crippen LogP contribution in [0.2, 0.25) is 0 Å². The average molecular weight is 383 g/mol. The van der Waals surface area contributed by atoms with Crippen molar-refractivity contribution in [2.45, 2.75) is 26.3 Å². The molecule has 0 aliphatic heterocycles. The van der Waals surface area contributed by atoms with E-state index in [1.165, 1.54) is 18.3 Å². The lowest BCUT2D eigenvalue weighted by Crippen LogP contribution is -2.29. The highest BCUT2D eigenvalue weighted by Crippen LogP contribution is 2.27. The van der Waals surface area contributed by atoms with Gasteiger partial charge in [-0.3, -0.25) is 9.59 Å². The molecule has 1 atom stereocenters. The summed E-state index contributed by atoms with van der Waals surface area (Å²) in [4.78, 5) is 28.5. The smallest absolute Gasteiger partial charge is 0.228 e. The fourth-order valence-corrected chi connectivity index (χ4v) is 3.76. The van der Waals surface area contributed by atoms with Crippen molar-refractivity contribution in [3.63, 3.8) is 0 Å². The van der Waals surface area contributed by atoms with Gasteiger partial charge in [-0.1, -0.05) is 29.5 Å². The van der Waals surface area contributed by atoms with Gasteiger partial charge in [0.1, 0.15) is 5.75 Å². The van der Waals surface area contributed by atoms with Gasteiger partial charge in [0.2, 0.25) is 11.8 Å². The third-order valence-corrected chi connectivity index (χ3v) is 5.01. The molecule has 0 saturated carbocycles. The Bertz CT molecular complexity index is 966. The van der Waals surface area contributed by atoms with E-state index in [1.54, 1.807) is 19.2 Å². The second-order valence-electron chi connectivity index (χ2n) is 6.27. The van der Waals surface area contributed by atoms with Crippen molar-refractivity contribution in [3.05, 3.63) is 53.6 Å². The fourth-order valence-electron chi connectivity index (χ4n) is 2.77. The second kappa shape index (κ2) is 8.18. The van der Waals surface area contributed by atoms with Gasteiger partial charge in [-0.05, 0) is 42.3 Å². The predicted molar refractivity (Wildman–Crippen MR) is 107 cm³/mol. The van der Waals surface area contributed by atoms with Crippen molar-refractivity contribution in [2.24, 2.45) is 0 Å². The topological polar surface area (TPSA) is 80.3 Å². The fraction of sp³-hybridized carbons (Fsp3) is 0.250. The van der Waals surface area contributed by atoms with E-state index in [-0.39, 0.29) is 18.2 Å². The molecule has 7 heteroatoms. The molecule has 2 amide bonds. The monoisotopic (exact) mass is 383 g/mol. The standard InChI is InChI=1S/C20H21N3O3S/c1-12-4-9-16-18(10-12)27-20(22-16)23-19(25)11-17(21-13(2)24)14-5-7-15(26-3)8-6-14/h4-10,17H,11H2,1-3H3,(H,21,24)(H,22,23,25). The van der Waals surface area contributed by atoms with Crippen LogP contribution in [-0.2, 0) is 9.59 Å². The van der Waals surface area contributed by atoms with E-state index >= 15 is 0 Å². The summed E-state index contributed by atoms with van der Waals surface area (Å²) in [5, 5.41) is 6.22. The molecule has 2 aromatic carbocycles. The highest BCUT2D eigenvalue weighted by atomic mass is 32.1. The van der Waals surface area contributed by atoms with Crippen LogP contribution in [0.25, 0.3) is 10.2 Å². The molecule has 0 spiro atoms. The van der Waals surface area contributed by atoms with E-state index in [0.29, 0.717) is 5.13 Å². The zero-order valence-corrected chi connectivity index (χ0v) is 16.2. The van der Waals surface area contributed by atoms with Gasteiger partial charge in [-0.2, -0.15) is 0 Å². The number of nitrogens with one attached hydrogen (secondary N) is 2. The Morgan fingerprint density at radius 1 is 1.19 bits per heavy atom. The molecular weight excluding hydrogens is 362 g/mol. The lowest BCUT2D eigenvalue weighted by Gasteiger charge is -2.18. The Kier molecular flexibility index (Phi) is 5.71. The second-order valence-corrected chi connectivity index (χ2v) is 7.30. The molecule has 3 rings (SSSR count). The molecule has 2 N–H and O–H groups in total. The minimum atomic E-state index is -0.426. The Balaban J connectivity index is 1.73. The molecule has 0 bridgehead atoms. The van der Waals surface area contributed by atoms with Crippen LogP contribution in [0.4, 0.5) is 5.13 Å². The molecule has 27 heavy (non-hydrogen) atoms. The average Bonchev–Trinajstić information content (AvgIpc) is 3.02. The molecule has 140 valence electrons. The summed E-state index contributed by atoms with van der Waals surface area (Å²) < 4.78 is 6.18. The van der Waals surface area contributed by atoms with E-state index in [2.05, 4.69) is 15.6 Å². The Hall–Kier alpha value is -2.93. The highest BCUT2D eigenvalue weighted by Gasteiger charge is 2.18. The number of methoxy groups -OCH3 is 1. The van der Waals surface area contributed by atoms with Gasteiger partial charge in [-0.25, -0.2) is 4.98 Å². The summed E-state index contributed by atoms with van der Waals surface area (Å²) in [5.41, 5.74) is 2.84. The third-order valence-electron chi connectivity index (χ3n) is 4.08. The first-order chi connectivity index (χ1) is 12.9. The summed E-state index contributed by atoms with van der Waals surface area (Å²) in [6, 6.07) is 12.8. The number of nitrogens with zero attached hydrogens (tertiary/aromatic N) is 1. The van der Waals surface area contributed by atoms with Gasteiger partial charge >= 0.3 is 0 Å². The highest BCUT2D eigenvalue weighted by molar-refractivity contribution is 7.22. The van der Waals surface area contributed by atoms with Crippen molar-refractivity contribution in [3.8, 4) is 5.75 Å².